The van der Waals surface area contributed by atoms with Crippen LogP contribution in [-0.4, -0.2) is 8.42 Å². The van der Waals surface area contributed by atoms with E-state index in [1.807, 2.05) is 30.3 Å². The van der Waals surface area contributed by atoms with Crippen LogP contribution in [0.3, 0.4) is 0 Å². The molecule has 1 aliphatic rings. The van der Waals surface area contributed by atoms with Crippen LogP contribution >= 0.6 is 11.8 Å². The molecule has 1 aromatic rings. The Morgan fingerprint density at radius 3 is 2.67 bits per heavy atom. The lowest BCUT2D eigenvalue weighted by Crippen LogP contribution is -2.12. The Morgan fingerprint density at radius 1 is 1.20 bits per heavy atom. The highest BCUT2D eigenvalue weighted by Crippen LogP contribution is 2.34. The molecule has 0 saturated heterocycles. The molecule has 0 aromatic heterocycles. The molecule has 0 fully saturated rings. The Labute approximate surface area is 92.7 Å². The van der Waals surface area contributed by atoms with Crippen LogP contribution in [0, 0.1) is 0 Å². The maximum atomic E-state index is 11.2. The molecule has 5 heteroatoms. The van der Waals surface area contributed by atoms with Gasteiger partial charge in [0.1, 0.15) is 4.24 Å². The third kappa shape index (κ3) is 2.31. The second-order valence-corrected chi connectivity index (χ2v) is 5.90. The third-order valence-corrected chi connectivity index (χ3v) is 4.49. The highest BCUT2D eigenvalue weighted by molar-refractivity contribution is 8.18. The largest absolute Gasteiger partial charge is 0.244 e. The molecule has 1 heterocycles. The van der Waals surface area contributed by atoms with Crippen LogP contribution < -0.4 is 5.14 Å². The van der Waals surface area contributed by atoms with Crippen molar-refractivity contribution in [2.45, 2.75) is 4.90 Å². The number of rotatable bonds is 1. The van der Waals surface area contributed by atoms with Gasteiger partial charge in [0.15, 0.2) is 0 Å². The van der Waals surface area contributed by atoms with Gasteiger partial charge in [0, 0.05) is 4.90 Å². The molecule has 3 nitrogen and oxygen atoms in total. The third-order valence-electron chi connectivity index (χ3n) is 1.92. The molecule has 78 valence electrons. The predicted molar refractivity (Wildman–Crippen MR) is 62.5 cm³/mol. The lowest BCUT2D eigenvalue weighted by atomic mass is 10.2. The highest BCUT2D eigenvalue weighted by atomic mass is 32.3. The van der Waals surface area contributed by atoms with Crippen molar-refractivity contribution in [2.24, 2.45) is 5.14 Å². The summed E-state index contributed by atoms with van der Waals surface area (Å²) in [5.74, 6) is 0. The zero-order valence-electron chi connectivity index (χ0n) is 7.75. The van der Waals surface area contributed by atoms with Crippen molar-refractivity contribution in [3.63, 3.8) is 0 Å². The van der Waals surface area contributed by atoms with E-state index in [9.17, 15) is 8.42 Å². The maximum absolute atomic E-state index is 11.2. The molecule has 0 radical (unpaired) electrons. The number of sulfonamides is 1. The van der Waals surface area contributed by atoms with E-state index in [1.54, 1.807) is 6.08 Å². The fraction of sp³-hybridized carbons (Fsp3) is 0. The van der Waals surface area contributed by atoms with E-state index in [0.717, 1.165) is 10.5 Å². The molecule has 2 N–H and O–H groups in total. The van der Waals surface area contributed by atoms with Gasteiger partial charge in [-0.15, -0.1) is 0 Å². The van der Waals surface area contributed by atoms with Crippen LogP contribution in [0.5, 0.6) is 0 Å². The molecule has 15 heavy (non-hydrogen) atoms. The molecule has 0 saturated carbocycles. The Kier molecular flexibility index (Phi) is 2.68. The molecule has 0 bridgehead atoms. The van der Waals surface area contributed by atoms with Crippen LogP contribution in [0.15, 0.2) is 45.6 Å². The van der Waals surface area contributed by atoms with E-state index in [0.29, 0.717) is 0 Å². The molecule has 0 amide bonds. The predicted octanol–water partition coefficient (Wildman–Crippen LogP) is 1.94. The van der Waals surface area contributed by atoms with Crippen molar-refractivity contribution < 1.29 is 8.42 Å². The van der Waals surface area contributed by atoms with E-state index in [1.165, 1.54) is 17.8 Å². The Bertz CT molecular complexity index is 544. The van der Waals surface area contributed by atoms with Crippen LogP contribution in [0.4, 0.5) is 0 Å². The topological polar surface area (TPSA) is 60.2 Å². The average Bonchev–Trinajstić information content (AvgIpc) is 2.38. The number of thioether (sulfide) groups is 1. The Hall–Kier alpha value is -1.04. The zero-order chi connectivity index (χ0) is 10.9. The van der Waals surface area contributed by atoms with Crippen LogP contribution in [0.2, 0.25) is 0 Å². The summed E-state index contributed by atoms with van der Waals surface area (Å²) in [5.41, 5.74) is 0.998. The molecular formula is C10H9NO2S2. The van der Waals surface area contributed by atoms with Gasteiger partial charge in [-0.1, -0.05) is 42.1 Å². The van der Waals surface area contributed by atoms with E-state index in [2.05, 4.69) is 0 Å². The minimum atomic E-state index is -3.62. The second kappa shape index (κ2) is 3.84. The van der Waals surface area contributed by atoms with E-state index < -0.39 is 10.0 Å². The van der Waals surface area contributed by atoms with Gasteiger partial charge < -0.3 is 0 Å². The van der Waals surface area contributed by atoms with Crippen LogP contribution in [0.1, 0.15) is 5.56 Å². The van der Waals surface area contributed by atoms with Gasteiger partial charge in [-0.25, -0.2) is 13.6 Å². The summed E-state index contributed by atoms with van der Waals surface area (Å²) >= 11 is 1.17. The molecule has 0 atom stereocenters. The first-order valence-corrected chi connectivity index (χ1v) is 6.62. The number of benzene rings is 1. The van der Waals surface area contributed by atoms with E-state index in [4.69, 9.17) is 5.14 Å². The quantitative estimate of drug-likeness (QED) is 0.814. The maximum Gasteiger partial charge on any atom is 0.244 e. The number of allylic oxidation sites excluding steroid dienone is 2. The Morgan fingerprint density at radius 2 is 1.93 bits per heavy atom. The molecular weight excluding hydrogens is 230 g/mol. The summed E-state index contributed by atoms with van der Waals surface area (Å²) in [6, 6.07) is 7.57. The number of hydrogen-bond acceptors (Lipinski definition) is 3. The van der Waals surface area contributed by atoms with E-state index in [-0.39, 0.29) is 4.24 Å². The van der Waals surface area contributed by atoms with E-state index >= 15 is 0 Å². The lowest BCUT2D eigenvalue weighted by Gasteiger charge is -2.04. The van der Waals surface area contributed by atoms with Crippen molar-refractivity contribution in [3.05, 3.63) is 46.2 Å². The molecule has 2 rings (SSSR count). The first-order chi connectivity index (χ1) is 7.07. The average molecular weight is 239 g/mol. The van der Waals surface area contributed by atoms with Crippen molar-refractivity contribution in [1.82, 2.24) is 0 Å². The van der Waals surface area contributed by atoms with Gasteiger partial charge in [0.25, 0.3) is 0 Å². The van der Waals surface area contributed by atoms with Gasteiger partial charge in [0.05, 0.1) is 0 Å². The van der Waals surface area contributed by atoms with Gasteiger partial charge >= 0.3 is 0 Å². The number of nitrogens with two attached hydrogens (primary N) is 1. The summed E-state index contributed by atoms with van der Waals surface area (Å²) in [5, 5.41) is 5.09. The first-order valence-electron chi connectivity index (χ1n) is 4.25. The van der Waals surface area contributed by atoms with Crippen LogP contribution in [0.25, 0.3) is 6.08 Å². The van der Waals surface area contributed by atoms with Crippen molar-refractivity contribution in [1.29, 1.82) is 0 Å². The Balaban J connectivity index is 2.49. The first kappa shape index (κ1) is 10.5. The summed E-state index contributed by atoms with van der Waals surface area (Å²) in [6.45, 7) is 0. The fourth-order valence-electron chi connectivity index (χ4n) is 1.24. The normalized spacial score (nSPS) is 15.4. The smallest absolute Gasteiger partial charge is 0.224 e. The van der Waals surface area contributed by atoms with Crippen molar-refractivity contribution in [2.75, 3.05) is 0 Å². The van der Waals surface area contributed by atoms with Gasteiger partial charge in [0.2, 0.25) is 10.0 Å². The summed E-state index contributed by atoms with van der Waals surface area (Å²) in [7, 11) is -3.62. The molecule has 0 unspecified atom stereocenters. The summed E-state index contributed by atoms with van der Waals surface area (Å²) in [4.78, 5) is 0.895. The highest BCUT2D eigenvalue weighted by Gasteiger charge is 2.15. The SMILES string of the molecule is NS(=O)(=O)C1=CC=Cc2ccccc2S1. The standard InChI is InChI=1S/C10H9NO2S2/c11-15(12,13)10-7-3-5-8-4-1-2-6-9(8)14-10/h1-7H,(H2,11,12,13). The van der Waals surface area contributed by atoms with Gasteiger partial charge in [-0.3, -0.25) is 0 Å². The molecule has 0 spiro atoms. The molecule has 1 aliphatic heterocycles. The minimum absolute atomic E-state index is 0.170. The van der Waals surface area contributed by atoms with Crippen molar-refractivity contribution in [3.8, 4) is 0 Å². The minimum Gasteiger partial charge on any atom is -0.224 e. The lowest BCUT2D eigenvalue weighted by molar-refractivity contribution is 0.605. The van der Waals surface area contributed by atoms with Gasteiger partial charge in [-0.2, -0.15) is 0 Å². The molecule has 0 aliphatic carbocycles. The number of fused-ring (bicyclic) bond motifs is 1. The summed E-state index contributed by atoms with van der Waals surface area (Å²) in [6.07, 6.45) is 5.07. The number of hydrogen-bond donors (Lipinski definition) is 1. The second-order valence-electron chi connectivity index (χ2n) is 3.03. The van der Waals surface area contributed by atoms with Crippen molar-refractivity contribution >= 4 is 27.9 Å². The summed E-state index contributed by atoms with van der Waals surface area (Å²) < 4.78 is 22.6. The fourth-order valence-corrected chi connectivity index (χ4v) is 3.00. The van der Waals surface area contributed by atoms with Crippen LogP contribution in [-0.2, 0) is 10.0 Å². The number of primary sulfonamides is 1. The molecule has 1 aromatic carbocycles. The van der Waals surface area contributed by atoms with Gasteiger partial charge in [-0.05, 0) is 17.7 Å². The monoisotopic (exact) mass is 239 g/mol. The zero-order valence-corrected chi connectivity index (χ0v) is 9.38.